The molecule has 1 aliphatic rings. The van der Waals surface area contributed by atoms with E-state index < -0.39 is 17.9 Å². The van der Waals surface area contributed by atoms with Gasteiger partial charge in [0.05, 0.1) is 24.9 Å². The summed E-state index contributed by atoms with van der Waals surface area (Å²) >= 11 is 5.20. The van der Waals surface area contributed by atoms with E-state index in [9.17, 15) is 14.7 Å². The average Bonchev–Trinajstić information content (AvgIpc) is 3.01. The van der Waals surface area contributed by atoms with E-state index in [0.717, 1.165) is 4.90 Å². The average molecular weight is 429 g/mol. The van der Waals surface area contributed by atoms with Gasteiger partial charge in [-0.2, -0.15) is 0 Å². The molecular formula is C22H24N2O5S. The molecule has 0 aromatic carbocycles. The van der Waals surface area contributed by atoms with Gasteiger partial charge in [-0.15, -0.1) is 0 Å². The van der Waals surface area contributed by atoms with Crippen molar-refractivity contribution >= 4 is 40.7 Å². The maximum atomic E-state index is 12.6. The van der Waals surface area contributed by atoms with E-state index in [-0.39, 0.29) is 6.42 Å². The Morgan fingerprint density at radius 2 is 2.07 bits per heavy atom. The molecule has 8 heteroatoms. The van der Waals surface area contributed by atoms with Crippen LogP contribution in [-0.2, 0) is 19.1 Å². The van der Waals surface area contributed by atoms with Crippen LogP contribution in [0.2, 0.25) is 0 Å². The summed E-state index contributed by atoms with van der Waals surface area (Å²) in [5.41, 5.74) is 2.39. The number of methoxy groups -OCH3 is 2. The minimum absolute atomic E-state index is 0.220. The summed E-state index contributed by atoms with van der Waals surface area (Å²) in [6.45, 7) is 7.10. The largest absolute Gasteiger partial charge is 0.493 e. The first kappa shape index (κ1) is 23.0. The summed E-state index contributed by atoms with van der Waals surface area (Å²) < 4.78 is 10.8. The number of carbonyl (C=O) groups is 2. The topological polar surface area (TPSA) is 89.0 Å². The lowest BCUT2D eigenvalue weighted by Crippen LogP contribution is -2.41. The number of aliphatic carboxylic acids is 1. The lowest BCUT2D eigenvalue weighted by molar-refractivity contribution is -0.144. The van der Waals surface area contributed by atoms with Crippen molar-refractivity contribution in [1.82, 2.24) is 9.88 Å². The molecule has 0 bridgehead atoms. The van der Waals surface area contributed by atoms with Gasteiger partial charge in [0.1, 0.15) is 6.04 Å². The van der Waals surface area contributed by atoms with Crippen LogP contribution in [0.1, 0.15) is 31.5 Å². The number of rotatable bonds is 8. The highest BCUT2D eigenvalue weighted by atomic mass is 32.1. The Morgan fingerprint density at radius 3 is 2.53 bits per heavy atom. The lowest BCUT2D eigenvalue weighted by atomic mass is 10.1. The van der Waals surface area contributed by atoms with Crippen LogP contribution in [0.3, 0.4) is 0 Å². The molecule has 0 radical (unpaired) electrons. The number of hydrogen-bond donors (Lipinski definition) is 1. The van der Waals surface area contributed by atoms with Crippen molar-refractivity contribution < 1.29 is 24.2 Å². The van der Waals surface area contributed by atoms with Gasteiger partial charge in [0.15, 0.2) is 11.5 Å². The number of pyridine rings is 1. The summed E-state index contributed by atoms with van der Waals surface area (Å²) in [4.78, 5) is 29.7. The highest BCUT2D eigenvalue weighted by molar-refractivity contribution is 7.80. The Kier molecular flexibility index (Phi) is 7.66. The molecule has 7 nitrogen and oxygen atoms in total. The number of carbonyl (C=O) groups excluding carboxylic acids is 1. The smallest absolute Gasteiger partial charge is 0.326 e. The first-order valence-corrected chi connectivity index (χ1v) is 9.57. The fraction of sp³-hybridized carbons (Fsp3) is 0.273. The van der Waals surface area contributed by atoms with E-state index in [1.165, 1.54) is 6.92 Å². The molecule has 0 aliphatic carbocycles. The van der Waals surface area contributed by atoms with Gasteiger partial charge in [-0.05, 0) is 37.6 Å². The highest BCUT2D eigenvalue weighted by Gasteiger charge is 2.37. The number of carboxylic acids is 1. The van der Waals surface area contributed by atoms with Crippen molar-refractivity contribution in [3.63, 3.8) is 0 Å². The zero-order chi connectivity index (χ0) is 22.4. The van der Waals surface area contributed by atoms with Gasteiger partial charge >= 0.3 is 5.97 Å². The predicted octanol–water partition coefficient (Wildman–Crippen LogP) is 3.59. The molecule has 158 valence electrons. The van der Waals surface area contributed by atoms with Crippen molar-refractivity contribution in [3.8, 4) is 0 Å². The van der Waals surface area contributed by atoms with Crippen LogP contribution in [0.4, 0.5) is 0 Å². The zero-order valence-corrected chi connectivity index (χ0v) is 18.2. The second-order valence-corrected chi connectivity index (χ2v) is 6.89. The molecule has 2 rings (SSSR count). The Bertz CT molecular complexity index is 960. The van der Waals surface area contributed by atoms with Crippen LogP contribution < -0.4 is 0 Å². The monoisotopic (exact) mass is 428 g/mol. The van der Waals surface area contributed by atoms with Crippen molar-refractivity contribution in [3.05, 3.63) is 65.4 Å². The molecule has 1 atom stereocenters. The fourth-order valence-corrected chi connectivity index (χ4v) is 3.45. The molecule has 0 saturated carbocycles. The van der Waals surface area contributed by atoms with Crippen LogP contribution in [-0.4, -0.2) is 52.1 Å². The van der Waals surface area contributed by atoms with E-state index in [1.54, 1.807) is 50.8 Å². The zero-order valence-electron chi connectivity index (χ0n) is 17.3. The lowest BCUT2D eigenvalue weighted by Gasteiger charge is -2.19. The number of allylic oxidation sites excluding steroid dienone is 3. The van der Waals surface area contributed by atoms with Crippen molar-refractivity contribution in [1.29, 1.82) is 0 Å². The Hall–Kier alpha value is -3.26. The fourth-order valence-electron chi connectivity index (χ4n) is 3.06. The predicted molar refractivity (Wildman–Crippen MR) is 118 cm³/mol. The van der Waals surface area contributed by atoms with Crippen LogP contribution in [0.5, 0.6) is 0 Å². The molecule has 1 aliphatic heterocycles. The van der Waals surface area contributed by atoms with Crippen LogP contribution in [0.15, 0.2) is 54.2 Å². The summed E-state index contributed by atoms with van der Waals surface area (Å²) in [5, 5.41) is 9.18. The number of likely N-dealkylation sites (tertiary alicyclic amines) is 1. The van der Waals surface area contributed by atoms with Gasteiger partial charge in [0, 0.05) is 23.8 Å². The molecule has 1 N–H and O–H groups in total. The first-order chi connectivity index (χ1) is 14.3. The van der Waals surface area contributed by atoms with Crippen molar-refractivity contribution in [2.45, 2.75) is 26.3 Å². The number of nitrogens with zero attached hydrogens (tertiary/aromatic N) is 2. The normalized spacial score (nSPS) is 17.7. The molecular weight excluding hydrogens is 404 g/mol. The van der Waals surface area contributed by atoms with Gasteiger partial charge in [0.2, 0.25) is 0 Å². The molecule has 1 saturated heterocycles. The number of ether oxygens (including phenoxy) is 2. The second-order valence-electron chi connectivity index (χ2n) is 6.41. The van der Waals surface area contributed by atoms with Gasteiger partial charge in [-0.1, -0.05) is 30.9 Å². The third-order valence-corrected chi connectivity index (χ3v) is 4.95. The van der Waals surface area contributed by atoms with Crippen molar-refractivity contribution in [2.75, 3.05) is 14.2 Å². The van der Waals surface area contributed by atoms with E-state index in [2.05, 4.69) is 11.6 Å². The van der Waals surface area contributed by atoms with Crippen molar-refractivity contribution in [2.24, 2.45) is 0 Å². The number of thiocarbonyl (C=S) groups is 1. The molecule has 0 spiro atoms. The number of hydrogen-bond acceptors (Lipinski definition) is 6. The number of amides is 1. The Balaban J connectivity index is 2.36. The minimum Gasteiger partial charge on any atom is -0.493 e. The molecule has 1 aromatic rings. The first-order valence-electron chi connectivity index (χ1n) is 9.16. The molecule has 1 fully saturated rings. The SMILES string of the molecule is C=CC(=C(OC)C(=CC)OC)c1ccc(C=C2CC(=S)N(C(C)C(=O)O)C2=O)cn1. The van der Waals surface area contributed by atoms with Crippen LogP contribution in [0.25, 0.3) is 11.6 Å². The maximum absolute atomic E-state index is 12.6. The molecule has 1 aromatic heterocycles. The third kappa shape index (κ3) is 4.65. The Morgan fingerprint density at radius 1 is 1.37 bits per heavy atom. The van der Waals surface area contributed by atoms with Gasteiger partial charge in [-0.3, -0.25) is 14.7 Å². The van der Waals surface area contributed by atoms with E-state index in [0.29, 0.717) is 38.9 Å². The summed E-state index contributed by atoms with van der Waals surface area (Å²) in [7, 11) is 3.09. The van der Waals surface area contributed by atoms with E-state index in [4.69, 9.17) is 21.7 Å². The Labute approximate surface area is 181 Å². The van der Waals surface area contributed by atoms with Gasteiger partial charge < -0.3 is 14.6 Å². The molecule has 1 amide bonds. The minimum atomic E-state index is -1.10. The number of carboxylic acid groups (broad SMARTS) is 1. The maximum Gasteiger partial charge on any atom is 0.326 e. The summed E-state index contributed by atoms with van der Waals surface area (Å²) in [6, 6.07) is 2.57. The van der Waals surface area contributed by atoms with E-state index in [1.807, 2.05) is 6.92 Å². The van der Waals surface area contributed by atoms with Crippen LogP contribution >= 0.6 is 12.2 Å². The molecule has 30 heavy (non-hydrogen) atoms. The standard InChI is InChI=1S/C22H24N2O5S/c1-6-16(20(29-5)18(7-2)28-4)17-9-8-14(12-23-17)10-15-11-19(30)24(21(15)25)13(3)22(26)27/h6-10,12-13H,1,11H2,2-5H3,(H,26,27). The highest BCUT2D eigenvalue weighted by Crippen LogP contribution is 2.27. The molecule has 1 unspecified atom stereocenters. The number of aromatic nitrogens is 1. The van der Waals surface area contributed by atoms with Gasteiger partial charge in [0.25, 0.3) is 5.91 Å². The van der Waals surface area contributed by atoms with E-state index >= 15 is 0 Å². The third-order valence-electron chi connectivity index (χ3n) is 4.61. The van der Waals surface area contributed by atoms with Crippen LogP contribution in [0, 0.1) is 0 Å². The van der Waals surface area contributed by atoms with Gasteiger partial charge in [-0.25, -0.2) is 4.79 Å². The quantitative estimate of drug-likeness (QED) is 0.293. The summed E-state index contributed by atoms with van der Waals surface area (Å²) in [6.07, 6.45) is 6.91. The molecule has 2 heterocycles. The second kappa shape index (κ2) is 9.98. The summed E-state index contributed by atoms with van der Waals surface area (Å²) in [5.74, 6) is -0.446.